The second kappa shape index (κ2) is 10.6. The molecule has 218 valence electrons. The van der Waals surface area contributed by atoms with Crippen LogP contribution in [0.3, 0.4) is 0 Å². The van der Waals surface area contributed by atoms with Crippen LogP contribution in [0.25, 0.3) is 11.3 Å². The van der Waals surface area contributed by atoms with Gasteiger partial charge in [-0.05, 0) is 42.7 Å². The zero-order valence-electron chi connectivity index (χ0n) is 23.0. The number of aromatic nitrogens is 3. The van der Waals surface area contributed by atoms with E-state index in [0.717, 1.165) is 37.4 Å². The molecule has 3 aromatic rings. The molecule has 1 fully saturated rings. The number of carbonyl (C=O) groups is 1. The number of amides is 2. The van der Waals surface area contributed by atoms with Crippen LogP contribution in [0.15, 0.2) is 47.5 Å². The number of hydrogen-bond donors (Lipinski definition) is 1. The van der Waals surface area contributed by atoms with E-state index in [1.165, 1.54) is 23.1 Å². The molecule has 3 heterocycles. The molecule has 0 radical (unpaired) electrons. The molecule has 1 saturated carbocycles. The van der Waals surface area contributed by atoms with Crippen LogP contribution in [0.4, 0.5) is 29.6 Å². The predicted octanol–water partition coefficient (Wildman–Crippen LogP) is 4.96. The first kappa shape index (κ1) is 28.8. The molecular weight excluding hydrogens is 557 g/mol. The van der Waals surface area contributed by atoms with E-state index < -0.39 is 27.1 Å². The number of halogens is 3. The van der Waals surface area contributed by atoms with Gasteiger partial charge in [0.25, 0.3) is 0 Å². The summed E-state index contributed by atoms with van der Waals surface area (Å²) < 4.78 is 66.2. The lowest BCUT2D eigenvalue weighted by molar-refractivity contribution is -0.140. The van der Waals surface area contributed by atoms with Crippen LogP contribution in [0, 0.1) is 0 Å². The lowest BCUT2D eigenvalue weighted by atomic mass is 9.84. The third-order valence-electron chi connectivity index (χ3n) is 7.76. The van der Waals surface area contributed by atoms with Gasteiger partial charge >= 0.3 is 12.2 Å². The van der Waals surface area contributed by atoms with Crippen LogP contribution >= 0.6 is 0 Å². The number of carbonyl (C=O) groups excluding carboxylic acids is 1. The average molecular weight is 589 g/mol. The van der Waals surface area contributed by atoms with E-state index in [2.05, 4.69) is 15.3 Å². The molecule has 1 aliphatic carbocycles. The van der Waals surface area contributed by atoms with Crippen molar-refractivity contribution in [3.8, 4) is 11.3 Å². The average Bonchev–Trinajstić information content (AvgIpc) is 3.56. The van der Waals surface area contributed by atoms with Gasteiger partial charge in [0, 0.05) is 44.4 Å². The fraction of sp³-hybridized carbons (Fsp3) is 0.429. The van der Waals surface area contributed by atoms with Crippen LogP contribution in [0.1, 0.15) is 49.6 Å². The predicted molar refractivity (Wildman–Crippen MR) is 148 cm³/mol. The number of pyridine rings is 1. The molecule has 0 saturated heterocycles. The van der Waals surface area contributed by atoms with Crippen LogP contribution in [-0.4, -0.2) is 55.8 Å². The zero-order chi connectivity index (χ0) is 29.6. The van der Waals surface area contributed by atoms with Crippen molar-refractivity contribution in [3.05, 3.63) is 59.5 Å². The molecule has 1 aliphatic heterocycles. The number of urea groups is 1. The Labute approximate surface area is 236 Å². The van der Waals surface area contributed by atoms with Gasteiger partial charge < -0.3 is 10.2 Å². The fourth-order valence-corrected chi connectivity index (χ4v) is 6.43. The Morgan fingerprint density at radius 3 is 2.37 bits per heavy atom. The van der Waals surface area contributed by atoms with Gasteiger partial charge in [-0.1, -0.05) is 31.9 Å². The third-order valence-corrected chi connectivity index (χ3v) is 9.51. The molecule has 0 bridgehead atoms. The third kappa shape index (κ3) is 5.46. The molecule has 0 unspecified atom stereocenters. The van der Waals surface area contributed by atoms with Crippen molar-refractivity contribution in [2.75, 3.05) is 36.2 Å². The molecule has 9 nitrogen and oxygen atoms in total. The van der Waals surface area contributed by atoms with Crippen LogP contribution < -0.4 is 15.1 Å². The molecule has 41 heavy (non-hydrogen) atoms. The lowest BCUT2D eigenvalue weighted by Crippen LogP contribution is -2.41. The summed E-state index contributed by atoms with van der Waals surface area (Å²) in [6, 6.07) is 9.13. The standard InChI is InChI=1S/C28H31F3N6O3S/c1-4-41(39,40)19-9-7-18(8-10-19)15-33-26(38)37-17-27(13-5-6-14-27)24-22(37)12-11-21(34-24)20-16-32-25(36(2)3)35-23(20)28(29,30)31/h7-12,16H,4-6,13-15,17H2,1-3H3,(H,33,38). The lowest BCUT2D eigenvalue weighted by Gasteiger charge is -2.24. The van der Waals surface area contributed by atoms with E-state index in [1.807, 2.05) is 0 Å². The number of rotatable bonds is 6. The highest BCUT2D eigenvalue weighted by atomic mass is 32.2. The summed E-state index contributed by atoms with van der Waals surface area (Å²) >= 11 is 0. The summed E-state index contributed by atoms with van der Waals surface area (Å²) in [4.78, 5) is 29.2. The number of hydrogen-bond acceptors (Lipinski definition) is 7. The first-order chi connectivity index (χ1) is 19.3. The van der Waals surface area contributed by atoms with Crippen LogP contribution in [-0.2, 0) is 28.0 Å². The minimum absolute atomic E-state index is 0.000880. The number of alkyl halides is 3. The van der Waals surface area contributed by atoms with Crippen molar-refractivity contribution in [2.24, 2.45) is 0 Å². The normalized spacial score (nSPS) is 16.2. The molecule has 1 spiro atoms. The summed E-state index contributed by atoms with van der Waals surface area (Å²) in [5.74, 6) is -0.0556. The summed E-state index contributed by atoms with van der Waals surface area (Å²) in [5, 5.41) is 2.89. The molecule has 1 N–H and O–H groups in total. The largest absolute Gasteiger partial charge is 0.434 e. The number of nitrogens with one attached hydrogen (secondary N) is 1. The van der Waals surface area contributed by atoms with E-state index in [9.17, 15) is 26.4 Å². The number of fused-ring (bicyclic) bond motifs is 2. The molecule has 2 aromatic heterocycles. The van der Waals surface area contributed by atoms with E-state index in [0.29, 0.717) is 17.9 Å². The quantitative estimate of drug-likeness (QED) is 0.434. The first-order valence-electron chi connectivity index (χ1n) is 13.4. The van der Waals surface area contributed by atoms with Gasteiger partial charge in [0.2, 0.25) is 5.95 Å². The monoisotopic (exact) mass is 588 g/mol. The van der Waals surface area contributed by atoms with Crippen molar-refractivity contribution in [1.82, 2.24) is 20.3 Å². The van der Waals surface area contributed by atoms with Gasteiger partial charge in [-0.3, -0.25) is 4.90 Å². The smallest absolute Gasteiger partial charge is 0.347 e. The van der Waals surface area contributed by atoms with Crippen molar-refractivity contribution < 1.29 is 26.4 Å². The van der Waals surface area contributed by atoms with E-state index in [1.54, 1.807) is 44.1 Å². The second-order valence-electron chi connectivity index (χ2n) is 10.7. The first-order valence-corrected chi connectivity index (χ1v) is 15.0. The molecule has 2 amide bonds. The Hall–Kier alpha value is -3.74. The van der Waals surface area contributed by atoms with Crippen molar-refractivity contribution in [1.29, 1.82) is 0 Å². The van der Waals surface area contributed by atoms with Gasteiger partial charge in [-0.15, -0.1) is 0 Å². The summed E-state index contributed by atoms with van der Waals surface area (Å²) in [5.41, 5.74) is 0.306. The van der Waals surface area contributed by atoms with Gasteiger partial charge in [-0.25, -0.2) is 28.2 Å². The van der Waals surface area contributed by atoms with Gasteiger partial charge in [0.15, 0.2) is 15.5 Å². The van der Waals surface area contributed by atoms with Crippen molar-refractivity contribution in [2.45, 2.75) is 55.6 Å². The number of sulfone groups is 1. The highest BCUT2D eigenvalue weighted by Gasteiger charge is 2.48. The summed E-state index contributed by atoms with van der Waals surface area (Å²) in [6.07, 6.45) is -0.145. The minimum Gasteiger partial charge on any atom is -0.347 e. The Balaban J connectivity index is 1.43. The maximum absolute atomic E-state index is 14.0. The topological polar surface area (TPSA) is 108 Å². The minimum atomic E-state index is -4.71. The molecule has 5 rings (SSSR count). The van der Waals surface area contributed by atoms with Gasteiger partial charge in [0.05, 0.1) is 27.7 Å². The van der Waals surface area contributed by atoms with Gasteiger partial charge in [-0.2, -0.15) is 13.2 Å². The van der Waals surface area contributed by atoms with Gasteiger partial charge in [0.1, 0.15) is 0 Å². The van der Waals surface area contributed by atoms with E-state index in [4.69, 9.17) is 4.98 Å². The van der Waals surface area contributed by atoms with Crippen LogP contribution in [0.2, 0.25) is 0 Å². The number of anilines is 2. The van der Waals surface area contributed by atoms with Crippen LogP contribution in [0.5, 0.6) is 0 Å². The summed E-state index contributed by atoms with van der Waals surface area (Å²) in [7, 11) is -0.186. The number of nitrogens with zero attached hydrogens (tertiary/aromatic N) is 5. The van der Waals surface area contributed by atoms with E-state index in [-0.39, 0.29) is 40.4 Å². The van der Waals surface area contributed by atoms with Crippen molar-refractivity contribution >= 4 is 27.5 Å². The fourth-order valence-electron chi connectivity index (χ4n) is 5.55. The molecular formula is C28H31F3N6O3S. The second-order valence-corrected chi connectivity index (χ2v) is 12.9. The SMILES string of the molecule is CCS(=O)(=O)c1ccc(CNC(=O)N2CC3(CCCC3)c3nc(-c4cnc(N(C)C)nc4C(F)(F)F)ccc32)cc1. The zero-order valence-corrected chi connectivity index (χ0v) is 23.8. The maximum atomic E-state index is 14.0. The molecule has 0 atom stereocenters. The molecule has 13 heteroatoms. The maximum Gasteiger partial charge on any atom is 0.434 e. The Morgan fingerprint density at radius 2 is 1.76 bits per heavy atom. The highest BCUT2D eigenvalue weighted by Crippen LogP contribution is 2.50. The summed E-state index contributed by atoms with van der Waals surface area (Å²) in [6.45, 7) is 2.14. The highest BCUT2D eigenvalue weighted by molar-refractivity contribution is 7.91. The Kier molecular flexibility index (Phi) is 7.43. The Morgan fingerprint density at radius 1 is 1.07 bits per heavy atom. The van der Waals surface area contributed by atoms with E-state index >= 15 is 0 Å². The number of benzene rings is 1. The Bertz CT molecular complexity index is 1570. The molecule has 2 aliphatic rings. The van der Waals surface area contributed by atoms with Crippen molar-refractivity contribution in [3.63, 3.8) is 0 Å². The molecule has 1 aromatic carbocycles.